The van der Waals surface area contributed by atoms with Crippen LogP contribution in [0.15, 0.2) is 36.4 Å². The molecule has 0 spiro atoms. The molecule has 2 aromatic heterocycles. The van der Waals surface area contributed by atoms with Gasteiger partial charge in [0.15, 0.2) is 5.78 Å². The molecule has 3 nitrogen and oxygen atoms in total. The van der Waals surface area contributed by atoms with Gasteiger partial charge in [-0.05, 0) is 54.7 Å². The van der Waals surface area contributed by atoms with Gasteiger partial charge in [0.05, 0.1) is 0 Å². The number of carbonyl (C=O) groups excluding carboxylic acids is 1. The summed E-state index contributed by atoms with van der Waals surface area (Å²) in [5.41, 5.74) is 5.20. The van der Waals surface area contributed by atoms with E-state index in [9.17, 15) is 4.79 Å². The van der Waals surface area contributed by atoms with Gasteiger partial charge in [0.2, 0.25) is 0 Å². The monoisotopic (exact) mass is 324 g/mol. The van der Waals surface area contributed by atoms with Gasteiger partial charge in [-0.15, -0.1) is 0 Å². The van der Waals surface area contributed by atoms with E-state index in [-0.39, 0.29) is 5.78 Å². The average molecular weight is 325 g/mol. The van der Waals surface area contributed by atoms with Gasteiger partial charge in [-0.3, -0.25) is 4.79 Å². The molecule has 23 heavy (non-hydrogen) atoms. The molecule has 1 aromatic carbocycles. The predicted molar refractivity (Wildman–Crippen MR) is 92.3 cm³/mol. The topological polar surface area (TPSA) is 45.8 Å². The number of pyridine rings is 1. The van der Waals surface area contributed by atoms with E-state index < -0.39 is 0 Å². The zero-order chi connectivity index (χ0) is 16.0. The minimum Gasteiger partial charge on any atom is -0.343 e. The van der Waals surface area contributed by atoms with E-state index in [1.54, 1.807) is 6.92 Å². The number of nitrogens with one attached hydrogen (secondary N) is 1. The fourth-order valence-corrected chi connectivity index (χ4v) is 3.72. The quantitative estimate of drug-likeness (QED) is 0.682. The molecule has 0 saturated heterocycles. The van der Waals surface area contributed by atoms with Gasteiger partial charge in [0, 0.05) is 28.9 Å². The molecule has 1 aliphatic rings. The van der Waals surface area contributed by atoms with Crippen LogP contribution in [0.1, 0.15) is 53.0 Å². The summed E-state index contributed by atoms with van der Waals surface area (Å²) in [4.78, 5) is 19.5. The van der Waals surface area contributed by atoms with Crippen molar-refractivity contribution in [1.29, 1.82) is 0 Å². The maximum Gasteiger partial charge on any atom is 0.178 e. The molecule has 116 valence electrons. The lowest BCUT2D eigenvalue weighted by Gasteiger charge is -2.23. The van der Waals surface area contributed by atoms with Crippen molar-refractivity contribution in [1.82, 2.24) is 9.97 Å². The van der Waals surface area contributed by atoms with E-state index in [1.165, 1.54) is 16.8 Å². The molecule has 4 rings (SSSR count). The van der Waals surface area contributed by atoms with Crippen LogP contribution in [0.25, 0.3) is 11.0 Å². The van der Waals surface area contributed by atoms with Gasteiger partial charge >= 0.3 is 0 Å². The summed E-state index contributed by atoms with van der Waals surface area (Å²) in [6, 6.07) is 12.0. The highest BCUT2D eigenvalue weighted by molar-refractivity contribution is 6.30. The first-order valence-electron chi connectivity index (χ1n) is 7.91. The number of Topliss-reactive ketones (excluding diaryl/α,β-unsaturated/α-hetero) is 1. The third-order valence-electron chi connectivity index (χ3n) is 4.68. The van der Waals surface area contributed by atoms with Crippen LogP contribution in [0.5, 0.6) is 0 Å². The number of ketones is 1. The highest BCUT2D eigenvalue weighted by atomic mass is 35.5. The van der Waals surface area contributed by atoms with E-state index >= 15 is 0 Å². The number of aromatic nitrogens is 2. The van der Waals surface area contributed by atoms with Crippen LogP contribution in [0.4, 0.5) is 0 Å². The van der Waals surface area contributed by atoms with Crippen molar-refractivity contribution in [2.24, 2.45) is 0 Å². The zero-order valence-corrected chi connectivity index (χ0v) is 13.7. The molecule has 0 radical (unpaired) electrons. The van der Waals surface area contributed by atoms with E-state index in [0.717, 1.165) is 35.3 Å². The molecule has 0 bridgehead atoms. The first kappa shape index (κ1) is 14.5. The van der Waals surface area contributed by atoms with Gasteiger partial charge < -0.3 is 4.98 Å². The lowest BCUT2D eigenvalue weighted by Crippen LogP contribution is -2.10. The molecule has 0 fully saturated rings. The highest BCUT2D eigenvalue weighted by Gasteiger charge is 2.26. The Kier molecular flexibility index (Phi) is 3.46. The number of benzene rings is 1. The Bertz CT molecular complexity index is 896. The molecule has 1 N–H and O–H groups in total. The van der Waals surface area contributed by atoms with Gasteiger partial charge in [0.1, 0.15) is 11.3 Å². The third-order valence-corrected chi connectivity index (χ3v) is 4.93. The molecular formula is C19H17ClN2O. The summed E-state index contributed by atoms with van der Waals surface area (Å²) in [5, 5.41) is 1.89. The summed E-state index contributed by atoms with van der Waals surface area (Å²) in [5.74, 6) is 0.350. The first-order chi connectivity index (χ1) is 11.1. The van der Waals surface area contributed by atoms with Crippen LogP contribution in [0, 0.1) is 0 Å². The van der Waals surface area contributed by atoms with Crippen LogP contribution >= 0.6 is 11.6 Å². The predicted octanol–water partition coefficient (Wildman–Crippen LogP) is 4.89. The van der Waals surface area contributed by atoms with E-state index in [4.69, 9.17) is 11.6 Å². The number of hydrogen-bond acceptors (Lipinski definition) is 2. The Morgan fingerprint density at radius 1 is 1.22 bits per heavy atom. The Balaban J connectivity index is 1.87. The summed E-state index contributed by atoms with van der Waals surface area (Å²) < 4.78 is 0. The minimum atomic E-state index is -0.00581. The van der Waals surface area contributed by atoms with Crippen molar-refractivity contribution in [2.75, 3.05) is 0 Å². The smallest absolute Gasteiger partial charge is 0.178 e. The molecule has 1 aliphatic carbocycles. The standard InChI is InChI=1S/C19H17ClN2O/c1-11(23)16-10-9-15-18-14(12-5-7-13(20)8-6-12)3-2-4-17(18)22-19(15)21-16/h5-10,14H,2-4H2,1H3,(H,21,22). The molecule has 0 aliphatic heterocycles. The molecule has 3 aromatic rings. The van der Waals surface area contributed by atoms with Crippen molar-refractivity contribution in [2.45, 2.75) is 32.1 Å². The number of fused-ring (bicyclic) bond motifs is 3. The highest BCUT2D eigenvalue weighted by Crippen LogP contribution is 2.40. The van der Waals surface area contributed by atoms with E-state index in [1.807, 2.05) is 24.3 Å². The third kappa shape index (κ3) is 2.45. The first-order valence-corrected chi connectivity index (χ1v) is 8.29. The Hall–Kier alpha value is -2.13. The zero-order valence-electron chi connectivity index (χ0n) is 12.9. The van der Waals surface area contributed by atoms with Crippen molar-refractivity contribution in [3.63, 3.8) is 0 Å². The maximum atomic E-state index is 11.6. The molecule has 0 amide bonds. The summed E-state index contributed by atoms with van der Waals surface area (Å²) in [7, 11) is 0. The van der Waals surface area contributed by atoms with E-state index in [0.29, 0.717) is 11.6 Å². The Labute approximate surface area is 139 Å². The number of H-pyrrole nitrogens is 1. The fraction of sp³-hybridized carbons (Fsp3) is 0.263. The number of aromatic amines is 1. The molecule has 4 heteroatoms. The van der Waals surface area contributed by atoms with E-state index in [2.05, 4.69) is 22.1 Å². The largest absolute Gasteiger partial charge is 0.343 e. The minimum absolute atomic E-state index is 0.00581. The van der Waals surface area contributed by atoms with Crippen LogP contribution in [0.2, 0.25) is 5.02 Å². The summed E-state index contributed by atoms with van der Waals surface area (Å²) in [6.07, 6.45) is 3.30. The lowest BCUT2D eigenvalue weighted by molar-refractivity contribution is 0.101. The van der Waals surface area contributed by atoms with Gasteiger partial charge in [0.25, 0.3) is 0 Å². The van der Waals surface area contributed by atoms with Gasteiger partial charge in [-0.1, -0.05) is 23.7 Å². The van der Waals surface area contributed by atoms with Crippen LogP contribution in [0.3, 0.4) is 0 Å². The van der Waals surface area contributed by atoms with Crippen LogP contribution in [-0.4, -0.2) is 15.8 Å². The molecule has 1 unspecified atom stereocenters. The molecule has 2 heterocycles. The number of aryl methyl sites for hydroxylation is 1. The molecule has 1 atom stereocenters. The lowest BCUT2D eigenvalue weighted by atomic mass is 9.81. The van der Waals surface area contributed by atoms with Gasteiger partial charge in [-0.25, -0.2) is 4.98 Å². The normalized spacial score (nSPS) is 17.2. The average Bonchev–Trinajstić information content (AvgIpc) is 2.93. The Morgan fingerprint density at radius 2 is 2.00 bits per heavy atom. The number of nitrogens with zero attached hydrogens (tertiary/aromatic N) is 1. The summed E-state index contributed by atoms with van der Waals surface area (Å²) >= 11 is 6.02. The number of rotatable bonds is 2. The molecule has 0 saturated carbocycles. The Morgan fingerprint density at radius 3 is 2.74 bits per heavy atom. The number of hydrogen-bond donors (Lipinski definition) is 1. The van der Waals surface area contributed by atoms with Crippen molar-refractivity contribution < 1.29 is 4.79 Å². The number of carbonyl (C=O) groups is 1. The fourth-order valence-electron chi connectivity index (χ4n) is 3.59. The van der Waals surface area contributed by atoms with Crippen molar-refractivity contribution >= 4 is 28.4 Å². The van der Waals surface area contributed by atoms with Crippen LogP contribution < -0.4 is 0 Å². The second-order valence-corrected chi connectivity index (χ2v) is 6.60. The second-order valence-electron chi connectivity index (χ2n) is 6.16. The van der Waals surface area contributed by atoms with Crippen molar-refractivity contribution in [3.05, 3.63) is 63.9 Å². The van der Waals surface area contributed by atoms with Crippen molar-refractivity contribution in [3.8, 4) is 0 Å². The summed E-state index contributed by atoms with van der Waals surface area (Å²) in [6.45, 7) is 1.55. The van der Waals surface area contributed by atoms with Crippen LogP contribution in [-0.2, 0) is 6.42 Å². The maximum absolute atomic E-state index is 11.6. The second kappa shape index (κ2) is 5.50. The number of halogens is 1. The molecular weight excluding hydrogens is 308 g/mol. The van der Waals surface area contributed by atoms with Gasteiger partial charge in [-0.2, -0.15) is 0 Å². The SMILES string of the molecule is CC(=O)c1ccc2c3c([nH]c2n1)CCCC3c1ccc(Cl)cc1.